The zero-order valence-corrected chi connectivity index (χ0v) is 13.6. The van der Waals surface area contributed by atoms with Crippen LogP contribution in [0.5, 0.6) is 0 Å². The summed E-state index contributed by atoms with van der Waals surface area (Å²) < 4.78 is 0. The van der Waals surface area contributed by atoms with Gasteiger partial charge in [-0.25, -0.2) is 9.97 Å². The first-order chi connectivity index (χ1) is 11.1. The molecule has 5 nitrogen and oxygen atoms in total. The Labute approximate surface area is 136 Å². The predicted molar refractivity (Wildman–Crippen MR) is 90.1 cm³/mol. The predicted octanol–water partition coefficient (Wildman–Crippen LogP) is 2.73. The quantitative estimate of drug-likeness (QED) is 0.943. The molecule has 0 spiro atoms. The molecule has 1 aliphatic heterocycles. The van der Waals surface area contributed by atoms with Gasteiger partial charge in [-0.05, 0) is 18.9 Å². The van der Waals surface area contributed by atoms with Gasteiger partial charge >= 0.3 is 0 Å². The Morgan fingerprint density at radius 2 is 2.09 bits per heavy atom. The number of anilines is 1. The number of hydrogen-bond donors (Lipinski definition) is 1. The molecule has 120 valence electrons. The van der Waals surface area contributed by atoms with Crippen LogP contribution >= 0.6 is 0 Å². The van der Waals surface area contributed by atoms with E-state index >= 15 is 0 Å². The minimum absolute atomic E-state index is 0.127. The van der Waals surface area contributed by atoms with Crippen molar-refractivity contribution in [1.82, 2.24) is 14.9 Å². The number of nitrogens with one attached hydrogen (secondary N) is 1. The Balaban J connectivity index is 1.71. The molecular weight excluding hydrogens is 288 g/mol. The minimum atomic E-state index is 0.127. The second-order valence-corrected chi connectivity index (χ2v) is 6.04. The van der Waals surface area contributed by atoms with E-state index in [1.54, 1.807) is 6.92 Å². The maximum atomic E-state index is 11.5. The molecule has 1 saturated heterocycles. The molecule has 0 radical (unpaired) electrons. The van der Waals surface area contributed by atoms with Crippen molar-refractivity contribution < 1.29 is 4.79 Å². The van der Waals surface area contributed by atoms with E-state index in [9.17, 15) is 4.79 Å². The molecule has 1 atom stereocenters. The topological polar surface area (TPSA) is 58.1 Å². The highest BCUT2D eigenvalue weighted by Crippen LogP contribution is 2.25. The largest absolute Gasteiger partial charge is 0.366 e. The highest BCUT2D eigenvalue weighted by Gasteiger charge is 2.27. The van der Waals surface area contributed by atoms with Crippen LogP contribution in [0.3, 0.4) is 0 Å². The Bertz CT molecular complexity index is 687. The third-order valence-corrected chi connectivity index (χ3v) is 4.19. The number of aryl methyl sites for hydroxylation is 1. The zero-order chi connectivity index (χ0) is 16.2. The van der Waals surface area contributed by atoms with E-state index in [0.717, 1.165) is 43.4 Å². The maximum Gasteiger partial charge on any atom is 0.219 e. The van der Waals surface area contributed by atoms with E-state index in [4.69, 9.17) is 0 Å². The van der Waals surface area contributed by atoms with Crippen molar-refractivity contribution in [2.24, 2.45) is 0 Å². The van der Waals surface area contributed by atoms with Gasteiger partial charge in [-0.15, -0.1) is 0 Å². The van der Waals surface area contributed by atoms with Gasteiger partial charge in [-0.2, -0.15) is 0 Å². The van der Waals surface area contributed by atoms with Gasteiger partial charge in [0.25, 0.3) is 0 Å². The molecule has 0 bridgehead atoms. The highest BCUT2D eigenvalue weighted by molar-refractivity contribution is 5.73. The Hall–Kier alpha value is -2.43. The SMILES string of the molecule is CC(=O)N1CCC(c2nc(C)cc(NCc3ccccc3)n2)C1. The van der Waals surface area contributed by atoms with E-state index in [2.05, 4.69) is 27.4 Å². The van der Waals surface area contributed by atoms with Crippen molar-refractivity contribution >= 4 is 11.7 Å². The average Bonchev–Trinajstić information content (AvgIpc) is 3.04. The molecule has 2 heterocycles. The van der Waals surface area contributed by atoms with Crippen LogP contribution in [-0.2, 0) is 11.3 Å². The Kier molecular flexibility index (Phi) is 4.55. The molecule has 1 aromatic heterocycles. The van der Waals surface area contributed by atoms with E-state index < -0.39 is 0 Å². The number of hydrogen-bond acceptors (Lipinski definition) is 4. The van der Waals surface area contributed by atoms with Gasteiger partial charge in [-0.3, -0.25) is 4.79 Å². The average molecular weight is 310 g/mol. The van der Waals surface area contributed by atoms with Crippen LogP contribution in [-0.4, -0.2) is 33.9 Å². The number of carbonyl (C=O) groups is 1. The van der Waals surface area contributed by atoms with Crippen molar-refractivity contribution in [3.63, 3.8) is 0 Å². The molecule has 5 heteroatoms. The maximum absolute atomic E-state index is 11.5. The van der Waals surface area contributed by atoms with E-state index in [1.807, 2.05) is 36.1 Å². The van der Waals surface area contributed by atoms with Crippen LogP contribution in [0.4, 0.5) is 5.82 Å². The molecule has 1 aliphatic rings. The van der Waals surface area contributed by atoms with Crippen molar-refractivity contribution in [3.05, 3.63) is 53.5 Å². The molecule has 1 amide bonds. The molecule has 0 aliphatic carbocycles. The molecule has 1 N–H and O–H groups in total. The summed E-state index contributed by atoms with van der Waals surface area (Å²) in [6.07, 6.45) is 0.932. The van der Waals surface area contributed by atoms with Gasteiger partial charge < -0.3 is 10.2 Å². The molecule has 1 fully saturated rings. The number of amides is 1. The van der Waals surface area contributed by atoms with Crippen LogP contribution in [0.1, 0.15) is 36.3 Å². The highest BCUT2D eigenvalue weighted by atomic mass is 16.2. The summed E-state index contributed by atoms with van der Waals surface area (Å²) in [5.74, 6) is 2.04. The number of carbonyl (C=O) groups excluding carboxylic acids is 1. The number of benzene rings is 1. The lowest BCUT2D eigenvalue weighted by molar-refractivity contribution is -0.127. The van der Waals surface area contributed by atoms with Gasteiger partial charge in [0.2, 0.25) is 5.91 Å². The lowest BCUT2D eigenvalue weighted by Crippen LogP contribution is -2.25. The number of likely N-dealkylation sites (tertiary alicyclic amines) is 1. The van der Waals surface area contributed by atoms with Crippen molar-refractivity contribution in [1.29, 1.82) is 0 Å². The van der Waals surface area contributed by atoms with Crippen molar-refractivity contribution in [2.75, 3.05) is 18.4 Å². The summed E-state index contributed by atoms with van der Waals surface area (Å²) in [5, 5.41) is 3.37. The number of nitrogens with zero attached hydrogens (tertiary/aromatic N) is 3. The van der Waals surface area contributed by atoms with Gasteiger partial charge in [0.1, 0.15) is 11.6 Å². The lowest BCUT2D eigenvalue weighted by atomic mass is 10.1. The third kappa shape index (κ3) is 3.86. The van der Waals surface area contributed by atoms with Crippen molar-refractivity contribution in [3.8, 4) is 0 Å². The smallest absolute Gasteiger partial charge is 0.219 e. The fraction of sp³-hybridized carbons (Fsp3) is 0.389. The Morgan fingerprint density at radius 1 is 1.30 bits per heavy atom. The fourth-order valence-electron chi connectivity index (χ4n) is 2.91. The molecule has 2 aromatic rings. The summed E-state index contributed by atoms with van der Waals surface area (Å²) in [5.41, 5.74) is 2.17. The summed E-state index contributed by atoms with van der Waals surface area (Å²) in [7, 11) is 0. The molecule has 1 aromatic carbocycles. The zero-order valence-electron chi connectivity index (χ0n) is 13.6. The normalized spacial score (nSPS) is 17.3. The van der Waals surface area contributed by atoms with Gasteiger partial charge in [0.05, 0.1) is 0 Å². The minimum Gasteiger partial charge on any atom is -0.366 e. The Morgan fingerprint density at radius 3 is 2.78 bits per heavy atom. The van der Waals surface area contributed by atoms with Gasteiger partial charge in [0, 0.05) is 44.2 Å². The summed E-state index contributed by atoms with van der Waals surface area (Å²) in [6.45, 7) is 5.85. The summed E-state index contributed by atoms with van der Waals surface area (Å²) in [6, 6.07) is 12.2. The molecule has 0 saturated carbocycles. The van der Waals surface area contributed by atoms with Crippen LogP contribution in [0.25, 0.3) is 0 Å². The standard InChI is InChI=1S/C18H22N4O/c1-13-10-17(19-11-15-6-4-3-5-7-15)21-18(20-13)16-8-9-22(12-16)14(2)23/h3-7,10,16H,8-9,11-12H2,1-2H3,(H,19,20,21). The fourth-order valence-corrected chi connectivity index (χ4v) is 2.91. The van der Waals surface area contributed by atoms with E-state index in [0.29, 0.717) is 0 Å². The number of rotatable bonds is 4. The van der Waals surface area contributed by atoms with Crippen LogP contribution in [0, 0.1) is 6.92 Å². The monoisotopic (exact) mass is 310 g/mol. The van der Waals surface area contributed by atoms with E-state index in [1.165, 1.54) is 5.56 Å². The first-order valence-electron chi connectivity index (χ1n) is 8.00. The first kappa shape index (κ1) is 15.5. The van der Waals surface area contributed by atoms with Crippen LogP contribution in [0.2, 0.25) is 0 Å². The molecular formula is C18H22N4O. The van der Waals surface area contributed by atoms with Crippen LogP contribution in [0.15, 0.2) is 36.4 Å². The first-order valence-corrected chi connectivity index (χ1v) is 8.00. The van der Waals surface area contributed by atoms with Gasteiger partial charge in [-0.1, -0.05) is 30.3 Å². The molecule has 1 unspecified atom stereocenters. The molecule has 3 rings (SSSR count). The number of aromatic nitrogens is 2. The third-order valence-electron chi connectivity index (χ3n) is 4.19. The van der Waals surface area contributed by atoms with Crippen molar-refractivity contribution in [2.45, 2.75) is 32.7 Å². The van der Waals surface area contributed by atoms with E-state index in [-0.39, 0.29) is 11.8 Å². The summed E-state index contributed by atoms with van der Waals surface area (Å²) in [4.78, 5) is 22.6. The van der Waals surface area contributed by atoms with Gasteiger partial charge in [0.15, 0.2) is 0 Å². The lowest BCUT2D eigenvalue weighted by Gasteiger charge is -2.14. The van der Waals surface area contributed by atoms with Crippen LogP contribution < -0.4 is 5.32 Å². The summed E-state index contributed by atoms with van der Waals surface area (Å²) >= 11 is 0. The molecule has 23 heavy (non-hydrogen) atoms. The second-order valence-electron chi connectivity index (χ2n) is 6.04. The second kappa shape index (κ2) is 6.77.